The molecular formula is C17H26N4O2. The number of aromatic nitrogens is 2. The van der Waals surface area contributed by atoms with Crippen molar-refractivity contribution in [2.24, 2.45) is 5.92 Å². The third kappa shape index (κ3) is 2.99. The van der Waals surface area contributed by atoms with Crippen LogP contribution in [0.5, 0.6) is 0 Å². The van der Waals surface area contributed by atoms with Crippen molar-refractivity contribution in [3.8, 4) is 0 Å². The lowest BCUT2D eigenvalue weighted by molar-refractivity contribution is -0.137. The molecule has 23 heavy (non-hydrogen) atoms. The number of hydrogen-bond donors (Lipinski definition) is 1. The molecule has 1 fully saturated rings. The standard InChI is InChI=1S/C17H26N4O2/c1-11(2)20(3)16(22)12-7-9-21(10-8-12)17(23)15-13-5-4-6-14(13)18-19-15/h11-12H,4-10H2,1-3H3,(H,18,19). The molecule has 1 N–H and O–H groups in total. The fourth-order valence-electron chi connectivity index (χ4n) is 3.52. The summed E-state index contributed by atoms with van der Waals surface area (Å²) in [5.74, 6) is 0.261. The van der Waals surface area contributed by atoms with E-state index in [0.717, 1.165) is 43.4 Å². The molecule has 1 aromatic heterocycles. The Balaban J connectivity index is 1.60. The topological polar surface area (TPSA) is 69.3 Å². The molecule has 0 unspecified atom stereocenters. The number of aromatic amines is 1. The van der Waals surface area contributed by atoms with Gasteiger partial charge in [-0.15, -0.1) is 0 Å². The average Bonchev–Trinajstić information content (AvgIpc) is 3.16. The smallest absolute Gasteiger partial charge is 0.274 e. The van der Waals surface area contributed by atoms with Gasteiger partial charge in [0.1, 0.15) is 0 Å². The van der Waals surface area contributed by atoms with Crippen molar-refractivity contribution in [3.63, 3.8) is 0 Å². The number of aryl methyl sites for hydroxylation is 1. The van der Waals surface area contributed by atoms with Gasteiger partial charge in [0, 0.05) is 43.4 Å². The van der Waals surface area contributed by atoms with Crippen LogP contribution >= 0.6 is 0 Å². The molecule has 1 aromatic rings. The molecule has 6 heteroatoms. The Morgan fingerprint density at radius 3 is 2.61 bits per heavy atom. The van der Waals surface area contributed by atoms with Crippen LogP contribution in [-0.2, 0) is 17.6 Å². The number of fused-ring (bicyclic) bond motifs is 1. The quantitative estimate of drug-likeness (QED) is 0.920. The number of H-pyrrole nitrogens is 1. The van der Waals surface area contributed by atoms with E-state index < -0.39 is 0 Å². The maximum absolute atomic E-state index is 12.7. The first-order valence-electron chi connectivity index (χ1n) is 8.61. The first-order chi connectivity index (χ1) is 11.0. The van der Waals surface area contributed by atoms with Gasteiger partial charge in [0.2, 0.25) is 5.91 Å². The van der Waals surface area contributed by atoms with Gasteiger partial charge in [0.05, 0.1) is 0 Å². The van der Waals surface area contributed by atoms with Crippen molar-refractivity contribution in [3.05, 3.63) is 17.0 Å². The summed E-state index contributed by atoms with van der Waals surface area (Å²) in [7, 11) is 1.86. The third-order valence-corrected chi connectivity index (χ3v) is 5.26. The number of hydrogen-bond acceptors (Lipinski definition) is 3. The number of nitrogens with zero attached hydrogens (tertiary/aromatic N) is 3. The van der Waals surface area contributed by atoms with Gasteiger partial charge in [-0.3, -0.25) is 14.7 Å². The summed E-state index contributed by atoms with van der Waals surface area (Å²) in [6, 6.07) is 0.216. The summed E-state index contributed by atoms with van der Waals surface area (Å²) in [6.45, 7) is 5.33. The van der Waals surface area contributed by atoms with Crippen molar-refractivity contribution >= 4 is 11.8 Å². The molecule has 2 amide bonds. The van der Waals surface area contributed by atoms with Crippen LogP contribution in [0.2, 0.25) is 0 Å². The maximum atomic E-state index is 12.7. The molecule has 1 aliphatic carbocycles. The summed E-state index contributed by atoms with van der Waals surface area (Å²) >= 11 is 0. The van der Waals surface area contributed by atoms with Gasteiger partial charge in [-0.2, -0.15) is 5.10 Å². The lowest BCUT2D eigenvalue weighted by atomic mass is 9.94. The van der Waals surface area contributed by atoms with E-state index in [1.54, 1.807) is 0 Å². The molecule has 0 saturated carbocycles. The zero-order valence-electron chi connectivity index (χ0n) is 14.3. The first-order valence-corrected chi connectivity index (χ1v) is 8.61. The fraction of sp³-hybridized carbons (Fsp3) is 0.706. The number of carbonyl (C=O) groups excluding carboxylic acids is 2. The Morgan fingerprint density at radius 2 is 1.96 bits per heavy atom. The fourth-order valence-corrected chi connectivity index (χ4v) is 3.52. The molecule has 0 radical (unpaired) electrons. The van der Waals surface area contributed by atoms with Gasteiger partial charge in [-0.1, -0.05) is 0 Å². The molecule has 0 spiro atoms. The van der Waals surface area contributed by atoms with Crippen LogP contribution in [0.15, 0.2) is 0 Å². The summed E-state index contributed by atoms with van der Waals surface area (Å²) in [6.07, 6.45) is 4.53. The summed E-state index contributed by atoms with van der Waals surface area (Å²) < 4.78 is 0. The second-order valence-corrected chi connectivity index (χ2v) is 6.99. The monoisotopic (exact) mass is 318 g/mol. The Morgan fingerprint density at radius 1 is 1.26 bits per heavy atom. The van der Waals surface area contributed by atoms with Crippen LogP contribution in [-0.4, -0.2) is 58.0 Å². The maximum Gasteiger partial charge on any atom is 0.274 e. The van der Waals surface area contributed by atoms with Crippen molar-refractivity contribution in [1.29, 1.82) is 0 Å². The van der Waals surface area contributed by atoms with Crippen LogP contribution in [0.1, 0.15) is 54.9 Å². The van der Waals surface area contributed by atoms with Gasteiger partial charge in [0.15, 0.2) is 5.69 Å². The molecule has 1 aliphatic heterocycles. The molecule has 2 aliphatic rings. The summed E-state index contributed by atoms with van der Waals surface area (Å²) in [5, 5.41) is 7.23. The Kier molecular flexibility index (Phi) is 4.41. The number of piperidine rings is 1. The van der Waals surface area contributed by atoms with E-state index in [0.29, 0.717) is 18.8 Å². The predicted octanol–water partition coefficient (Wildman–Crippen LogP) is 1.62. The van der Waals surface area contributed by atoms with Gasteiger partial charge < -0.3 is 9.80 Å². The van der Waals surface area contributed by atoms with E-state index in [2.05, 4.69) is 10.2 Å². The number of carbonyl (C=O) groups is 2. The lowest BCUT2D eigenvalue weighted by Gasteiger charge is -2.34. The van der Waals surface area contributed by atoms with Gasteiger partial charge in [0.25, 0.3) is 5.91 Å². The van der Waals surface area contributed by atoms with Crippen molar-refractivity contribution < 1.29 is 9.59 Å². The van der Waals surface area contributed by atoms with Crippen molar-refractivity contribution in [2.45, 2.75) is 52.0 Å². The number of likely N-dealkylation sites (tertiary alicyclic amines) is 1. The number of rotatable bonds is 3. The van der Waals surface area contributed by atoms with Gasteiger partial charge in [-0.25, -0.2) is 0 Å². The molecule has 0 bridgehead atoms. The predicted molar refractivity (Wildman–Crippen MR) is 87.1 cm³/mol. The van der Waals surface area contributed by atoms with E-state index in [1.807, 2.05) is 30.7 Å². The Bertz CT molecular complexity index is 600. The zero-order valence-corrected chi connectivity index (χ0v) is 14.3. The largest absolute Gasteiger partial charge is 0.343 e. The van der Waals surface area contributed by atoms with Crippen LogP contribution < -0.4 is 0 Å². The van der Waals surface area contributed by atoms with E-state index in [1.165, 1.54) is 0 Å². The third-order valence-electron chi connectivity index (χ3n) is 5.26. The summed E-state index contributed by atoms with van der Waals surface area (Å²) in [4.78, 5) is 28.8. The number of amides is 2. The lowest BCUT2D eigenvalue weighted by Crippen LogP contribution is -2.45. The molecule has 0 aromatic carbocycles. The van der Waals surface area contributed by atoms with Crippen molar-refractivity contribution in [1.82, 2.24) is 20.0 Å². The number of nitrogens with one attached hydrogen (secondary N) is 1. The van der Waals surface area contributed by atoms with Gasteiger partial charge >= 0.3 is 0 Å². The van der Waals surface area contributed by atoms with Crippen LogP contribution in [0.25, 0.3) is 0 Å². The Labute approximate surface area is 137 Å². The first kappa shape index (κ1) is 16.0. The van der Waals surface area contributed by atoms with Crippen molar-refractivity contribution in [2.75, 3.05) is 20.1 Å². The minimum atomic E-state index is 0.0208. The van der Waals surface area contributed by atoms with E-state index in [4.69, 9.17) is 0 Å². The van der Waals surface area contributed by atoms with E-state index in [9.17, 15) is 9.59 Å². The molecule has 126 valence electrons. The van der Waals surface area contributed by atoms with Gasteiger partial charge in [-0.05, 0) is 46.0 Å². The molecule has 0 atom stereocenters. The molecule has 1 saturated heterocycles. The highest BCUT2D eigenvalue weighted by Crippen LogP contribution is 2.26. The molecular weight excluding hydrogens is 292 g/mol. The Hall–Kier alpha value is -1.85. The molecule has 2 heterocycles. The SMILES string of the molecule is CC(C)N(C)C(=O)C1CCN(C(=O)c2n[nH]c3c2CCC3)CC1. The highest BCUT2D eigenvalue weighted by atomic mass is 16.2. The normalized spacial score (nSPS) is 18.3. The van der Waals surface area contributed by atoms with Crippen LogP contribution in [0, 0.1) is 5.92 Å². The zero-order chi connectivity index (χ0) is 16.6. The highest BCUT2D eigenvalue weighted by molar-refractivity contribution is 5.94. The highest BCUT2D eigenvalue weighted by Gasteiger charge is 2.32. The average molecular weight is 318 g/mol. The minimum absolute atomic E-state index is 0.0208. The van der Waals surface area contributed by atoms with E-state index >= 15 is 0 Å². The summed E-state index contributed by atoms with van der Waals surface area (Å²) in [5.41, 5.74) is 2.83. The minimum Gasteiger partial charge on any atom is -0.343 e. The molecule has 3 rings (SSSR count). The van der Waals surface area contributed by atoms with Crippen LogP contribution in [0.4, 0.5) is 0 Å². The van der Waals surface area contributed by atoms with Crippen LogP contribution in [0.3, 0.4) is 0 Å². The second-order valence-electron chi connectivity index (χ2n) is 6.99. The second kappa shape index (κ2) is 6.34. The molecule has 6 nitrogen and oxygen atoms in total. The van der Waals surface area contributed by atoms with E-state index in [-0.39, 0.29) is 23.8 Å².